The number of carbonyl (C=O) groups is 1. The second kappa shape index (κ2) is 6.37. The minimum atomic E-state index is -0.0286. The van der Waals surface area contributed by atoms with Crippen LogP contribution >= 0.6 is 0 Å². The third-order valence-corrected chi connectivity index (χ3v) is 3.79. The lowest BCUT2D eigenvalue weighted by molar-refractivity contribution is -0.117. The number of ether oxygens (including phenoxy) is 1. The molecule has 0 saturated carbocycles. The molecule has 2 heterocycles. The molecule has 0 unspecified atom stereocenters. The van der Waals surface area contributed by atoms with E-state index in [9.17, 15) is 4.79 Å². The van der Waals surface area contributed by atoms with Gasteiger partial charge in [0.15, 0.2) is 0 Å². The lowest BCUT2D eigenvalue weighted by atomic mass is 10.2. The minimum Gasteiger partial charge on any atom is -0.378 e. The second-order valence-corrected chi connectivity index (χ2v) is 5.58. The van der Waals surface area contributed by atoms with Crippen LogP contribution in [-0.4, -0.2) is 41.7 Å². The zero-order valence-electron chi connectivity index (χ0n) is 12.8. The number of anilines is 1. The van der Waals surface area contributed by atoms with Gasteiger partial charge >= 0.3 is 0 Å². The van der Waals surface area contributed by atoms with Gasteiger partial charge in [-0.05, 0) is 32.0 Å². The Hall–Kier alpha value is -2.05. The molecule has 2 aromatic rings. The first-order valence-electron chi connectivity index (χ1n) is 7.48. The molecule has 2 N–H and O–H groups in total. The normalized spacial score (nSPS) is 18.4. The summed E-state index contributed by atoms with van der Waals surface area (Å²) in [6, 6.07) is 5.68. The van der Waals surface area contributed by atoms with Crippen molar-refractivity contribution in [3.05, 3.63) is 29.6 Å². The van der Waals surface area contributed by atoms with Crippen LogP contribution in [0.2, 0.25) is 0 Å². The lowest BCUT2D eigenvalue weighted by Gasteiger charge is -2.23. The summed E-state index contributed by atoms with van der Waals surface area (Å²) in [5.41, 5.74) is 4.20. The van der Waals surface area contributed by atoms with Crippen molar-refractivity contribution in [2.75, 3.05) is 25.1 Å². The van der Waals surface area contributed by atoms with Crippen molar-refractivity contribution >= 4 is 22.6 Å². The summed E-state index contributed by atoms with van der Waals surface area (Å²) in [6.45, 7) is 5.95. The summed E-state index contributed by atoms with van der Waals surface area (Å²) >= 11 is 0. The van der Waals surface area contributed by atoms with E-state index < -0.39 is 0 Å². The molecule has 6 nitrogen and oxygen atoms in total. The van der Waals surface area contributed by atoms with Gasteiger partial charge in [0.05, 0.1) is 35.6 Å². The van der Waals surface area contributed by atoms with E-state index in [4.69, 9.17) is 4.74 Å². The molecule has 1 aromatic heterocycles. The van der Waals surface area contributed by atoms with Crippen molar-refractivity contribution in [1.29, 1.82) is 0 Å². The van der Waals surface area contributed by atoms with Crippen LogP contribution in [0.25, 0.3) is 11.0 Å². The monoisotopic (exact) mass is 300 g/mol. The van der Waals surface area contributed by atoms with Crippen LogP contribution in [0, 0.1) is 13.8 Å². The Morgan fingerprint density at radius 3 is 2.82 bits per heavy atom. The molecule has 0 bridgehead atoms. The molecule has 0 aliphatic carbocycles. The van der Waals surface area contributed by atoms with Crippen molar-refractivity contribution in [3.63, 3.8) is 0 Å². The molecule has 1 aliphatic rings. The van der Waals surface area contributed by atoms with E-state index in [1.54, 1.807) is 0 Å². The van der Waals surface area contributed by atoms with Crippen LogP contribution in [-0.2, 0) is 9.53 Å². The summed E-state index contributed by atoms with van der Waals surface area (Å²) < 4.78 is 5.35. The predicted molar refractivity (Wildman–Crippen MR) is 84.9 cm³/mol. The molecule has 6 heteroatoms. The Labute approximate surface area is 129 Å². The molecule has 1 aromatic carbocycles. The van der Waals surface area contributed by atoms with Gasteiger partial charge in [-0.15, -0.1) is 0 Å². The number of amides is 1. The third kappa shape index (κ3) is 3.40. The van der Waals surface area contributed by atoms with Gasteiger partial charge in [0.25, 0.3) is 0 Å². The van der Waals surface area contributed by atoms with Gasteiger partial charge in [0.2, 0.25) is 5.91 Å². The molecule has 1 amide bonds. The first-order valence-corrected chi connectivity index (χ1v) is 7.48. The molecule has 1 saturated heterocycles. The Morgan fingerprint density at radius 1 is 1.32 bits per heavy atom. The van der Waals surface area contributed by atoms with Gasteiger partial charge in [-0.2, -0.15) is 0 Å². The number of aromatic nitrogens is 2. The first kappa shape index (κ1) is 14.9. The summed E-state index contributed by atoms with van der Waals surface area (Å²) in [7, 11) is 0. The van der Waals surface area contributed by atoms with Crippen LogP contribution < -0.4 is 10.6 Å². The topological polar surface area (TPSA) is 76.1 Å². The highest BCUT2D eigenvalue weighted by molar-refractivity contribution is 5.93. The predicted octanol–water partition coefficient (Wildman–Crippen LogP) is 1.56. The maximum atomic E-state index is 12.1. The maximum absolute atomic E-state index is 12.1. The lowest BCUT2D eigenvalue weighted by Crippen LogP contribution is -2.43. The highest BCUT2D eigenvalue weighted by Crippen LogP contribution is 2.18. The van der Waals surface area contributed by atoms with Crippen molar-refractivity contribution in [2.45, 2.75) is 26.3 Å². The minimum absolute atomic E-state index is 0.0286. The van der Waals surface area contributed by atoms with E-state index in [1.165, 1.54) is 0 Å². The fraction of sp³-hybridized carbons (Fsp3) is 0.438. The number of rotatable bonds is 3. The quantitative estimate of drug-likeness (QED) is 0.899. The third-order valence-electron chi connectivity index (χ3n) is 3.79. The number of nitrogens with zero attached hydrogens (tertiary/aromatic N) is 2. The van der Waals surface area contributed by atoms with Crippen molar-refractivity contribution in [1.82, 2.24) is 15.3 Å². The Balaban J connectivity index is 1.70. The molecule has 22 heavy (non-hydrogen) atoms. The molecule has 1 aliphatic heterocycles. The smallest absolute Gasteiger partial charge is 0.226 e. The number of morpholine rings is 1. The number of carbonyl (C=O) groups excluding carboxylic acids is 1. The molecule has 1 atom stereocenters. The Bertz CT molecular complexity index is 696. The number of hydrogen-bond acceptors (Lipinski definition) is 5. The van der Waals surface area contributed by atoms with E-state index in [2.05, 4.69) is 20.6 Å². The van der Waals surface area contributed by atoms with Crippen molar-refractivity contribution in [2.24, 2.45) is 0 Å². The Morgan fingerprint density at radius 2 is 2.09 bits per heavy atom. The largest absolute Gasteiger partial charge is 0.378 e. The maximum Gasteiger partial charge on any atom is 0.226 e. The first-order chi connectivity index (χ1) is 10.6. The highest BCUT2D eigenvalue weighted by atomic mass is 16.5. The van der Waals surface area contributed by atoms with Gasteiger partial charge in [-0.25, -0.2) is 9.97 Å². The van der Waals surface area contributed by atoms with Gasteiger partial charge in [0.1, 0.15) is 0 Å². The zero-order valence-corrected chi connectivity index (χ0v) is 12.8. The fourth-order valence-electron chi connectivity index (χ4n) is 2.50. The van der Waals surface area contributed by atoms with Gasteiger partial charge in [-0.1, -0.05) is 0 Å². The average molecular weight is 300 g/mol. The van der Waals surface area contributed by atoms with Crippen LogP contribution in [0.4, 0.5) is 5.69 Å². The van der Waals surface area contributed by atoms with Crippen molar-refractivity contribution in [3.8, 4) is 0 Å². The average Bonchev–Trinajstić information content (AvgIpc) is 2.49. The molecule has 0 spiro atoms. The molecule has 3 rings (SSSR count). The zero-order chi connectivity index (χ0) is 15.5. The SMILES string of the molecule is Cc1nc2ccc(NC(=O)C[C@@H]3COCCN3)cc2nc1C. The van der Waals surface area contributed by atoms with Crippen LogP contribution in [0.3, 0.4) is 0 Å². The molecular weight excluding hydrogens is 280 g/mol. The van der Waals surface area contributed by atoms with Gasteiger partial charge in [-0.3, -0.25) is 4.79 Å². The molecular formula is C16H20N4O2. The van der Waals surface area contributed by atoms with Crippen LogP contribution in [0.1, 0.15) is 17.8 Å². The van der Waals surface area contributed by atoms with Gasteiger partial charge in [0, 0.05) is 24.7 Å². The van der Waals surface area contributed by atoms with Crippen LogP contribution in [0.5, 0.6) is 0 Å². The second-order valence-electron chi connectivity index (χ2n) is 5.58. The van der Waals surface area contributed by atoms with E-state index in [-0.39, 0.29) is 11.9 Å². The number of benzene rings is 1. The number of hydrogen-bond donors (Lipinski definition) is 2. The van der Waals surface area contributed by atoms with Crippen molar-refractivity contribution < 1.29 is 9.53 Å². The van der Waals surface area contributed by atoms with E-state index in [0.29, 0.717) is 19.6 Å². The summed E-state index contributed by atoms with van der Waals surface area (Å²) in [6.07, 6.45) is 0.399. The molecule has 116 valence electrons. The van der Waals surface area contributed by atoms with Crippen LogP contribution in [0.15, 0.2) is 18.2 Å². The number of fused-ring (bicyclic) bond motifs is 1. The van der Waals surface area contributed by atoms with E-state index in [0.717, 1.165) is 34.7 Å². The standard InChI is InChI=1S/C16H20N4O2/c1-10-11(2)19-15-7-12(3-4-14(15)18-10)20-16(21)8-13-9-22-6-5-17-13/h3-4,7,13,17H,5-6,8-9H2,1-2H3,(H,20,21)/t13-/m1/s1. The highest BCUT2D eigenvalue weighted by Gasteiger charge is 2.17. The van der Waals surface area contributed by atoms with E-state index >= 15 is 0 Å². The van der Waals surface area contributed by atoms with Gasteiger partial charge < -0.3 is 15.4 Å². The molecule has 0 radical (unpaired) electrons. The summed E-state index contributed by atoms with van der Waals surface area (Å²) in [4.78, 5) is 21.1. The summed E-state index contributed by atoms with van der Waals surface area (Å²) in [5.74, 6) is -0.0286. The molecule has 1 fully saturated rings. The van der Waals surface area contributed by atoms with E-state index in [1.807, 2.05) is 32.0 Å². The summed E-state index contributed by atoms with van der Waals surface area (Å²) in [5, 5.41) is 6.18. The Kier molecular flexibility index (Phi) is 4.31. The fourth-order valence-corrected chi connectivity index (χ4v) is 2.50. The number of aryl methyl sites for hydroxylation is 2. The number of nitrogens with one attached hydrogen (secondary N) is 2.